The molecule has 0 fully saturated rings. The standard InChI is InChI=1S/C27H32F2N2O2/c1-4-20(2)31(17-23-11-8-12-25(28)27(23)29)19-26(32)30(18-24-14-13-21(3)33-24)16-15-22-9-6-5-7-10-22/h5-14,20H,4,15-19H2,1-3H3/t20-/m1/s1. The predicted molar refractivity (Wildman–Crippen MR) is 126 cm³/mol. The molecular weight excluding hydrogens is 422 g/mol. The van der Waals surface area contributed by atoms with E-state index in [1.807, 2.05) is 68.1 Å². The molecule has 0 saturated heterocycles. The minimum atomic E-state index is -0.874. The van der Waals surface area contributed by atoms with Gasteiger partial charge in [0.15, 0.2) is 11.6 Å². The van der Waals surface area contributed by atoms with Crippen LogP contribution in [0.4, 0.5) is 8.78 Å². The lowest BCUT2D eigenvalue weighted by molar-refractivity contribution is -0.134. The molecule has 0 N–H and O–H groups in total. The molecule has 2 aromatic carbocycles. The largest absolute Gasteiger partial charge is 0.464 e. The monoisotopic (exact) mass is 454 g/mol. The van der Waals surface area contributed by atoms with Gasteiger partial charge in [0.2, 0.25) is 5.91 Å². The van der Waals surface area contributed by atoms with Gasteiger partial charge in [-0.1, -0.05) is 49.4 Å². The molecule has 4 nitrogen and oxygen atoms in total. The van der Waals surface area contributed by atoms with Crippen molar-refractivity contribution >= 4 is 5.91 Å². The van der Waals surface area contributed by atoms with E-state index in [4.69, 9.17) is 4.42 Å². The molecule has 176 valence electrons. The third-order valence-electron chi connectivity index (χ3n) is 5.97. The topological polar surface area (TPSA) is 36.7 Å². The van der Waals surface area contributed by atoms with E-state index >= 15 is 0 Å². The molecule has 3 rings (SSSR count). The van der Waals surface area contributed by atoms with Crippen molar-refractivity contribution in [3.05, 3.63) is 94.9 Å². The van der Waals surface area contributed by atoms with Crippen molar-refractivity contribution in [2.75, 3.05) is 13.1 Å². The third kappa shape index (κ3) is 6.99. The van der Waals surface area contributed by atoms with Crippen LogP contribution in [0.15, 0.2) is 65.1 Å². The average Bonchev–Trinajstić information content (AvgIpc) is 3.23. The van der Waals surface area contributed by atoms with Crippen molar-refractivity contribution in [3.63, 3.8) is 0 Å². The molecule has 1 heterocycles. The van der Waals surface area contributed by atoms with E-state index in [-0.39, 0.29) is 30.6 Å². The number of aryl methyl sites for hydroxylation is 1. The van der Waals surface area contributed by atoms with Gasteiger partial charge in [-0.25, -0.2) is 8.78 Å². The molecule has 3 aromatic rings. The lowest BCUT2D eigenvalue weighted by atomic mass is 10.1. The SMILES string of the molecule is CC[C@@H](C)N(CC(=O)N(CCc1ccccc1)Cc1ccc(C)o1)Cc1cccc(F)c1F. The first kappa shape index (κ1) is 24.6. The molecule has 1 amide bonds. The molecule has 0 spiro atoms. The summed E-state index contributed by atoms with van der Waals surface area (Å²) in [6.45, 7) is 7.05. The Morgan fingerprint density at radius 1 is 1.00 bits per heavy atom. The number of hydrogen-bond donors (Lipinski definition) is 0. The van der Waals surface area contributed by atoms with E-state index in [0.717, 1.165) is 29.6 Å². The summed E-state index contributed by atoms with van der Waals surface area (Å²) >= 11 is 0. The summed E-state index contributed by atoms with van der Waals surface area (Å²) in [7, 11) is 0. The molecule has 0 unspecified atom stereocenters. The van der Waals surface area contributed by atoms with Crippen LogP contribution in [-0.4, -0.2) is 34.8 Å². The van der Waals surface area contributed by atoms with Crippen LogP contribution in [0.25, 0.3) is 0 Å². The Kier molecular flexibility index (Phi) is 8.78. The molecule has 0 radical (unpaired) electrons. The lowest BCUT2D eigenvalue weighted by Crippen LogP contribution is -2.43. The van der Waals surface area contributed by atoms with Gasteiger partial charge in [0.05, 0.1) is 13.1 Å². The Bertz CT molecular complexity index is 1040. The van der Waals surface area contributed by atoms with Crippen molar-refractivity contribution in [3.8, 4) is 0 Å². The van der Waals surface area contributed by atoms with E-state index in [0.29, 0.717) is 19.5 Å². The number of halogens is 2. The van der Waals surface area contributed by atoms with Crippen molar-refractivity contribution in [1.82, 2.24) is 9.80 Å². The minimum Gasteiger partial charge on any atom is -0.464 e. The van der Waals surface area contributed by atoms with Gasteiger partial charge in [0.1, 0.15) is 11.5 Å². The van der Waals surface area contributed by atoms with Gasteiger partial charge in [0.25, 0.3) is 0 Å². The van der Waals surface area contributed by atoms with Gasteiger partial charge in [0, 0.05) is 24.7 Å². The van der Waals surface area contributed by atoms with Gasteiger partial charge >= 0.3 is 0 Å². The predicted octanol–water partition coefficient (Wildman–Crippen LogP) is 5.74. The summed E-state index contributed by atoms with van der Waals surface area (Å²) < 4.78 is 33.8. The average molecular weight is 455 g/mol. The molecule has 0 saturated carbocycles. The summed E-state index contributed by atoms with van der Waals surface area (Å²) in [6.07, 6.45) is 1.50. The van der Waals surface area contributed by atoms with Crippen molar-refractivity contribution < 1.29 is 18.0 Å². The summed E-state index contributed by atoms with van der Waals surface area (Å²) in [6, 6.07) is 18.0. The summed E-state index contributed by atoms with van der Waals surface area (Å²) in [5, 5.41) is 0. The first-order valence-electron chi connectivity index (χ1n) is 11.4. The van der Waals surface area contributed by atoms with Crippen LogP contribution in [0.1, 0.15) is 42.9 Å². The summed E-state index contributed by atoms with van der Waals surface area (Å²) in [5.41, 5.74) is 1.40. The van der Waals surface area contributed by atoms with Crippen LogP contribution in [0.2, 0.25) is 0 Å². The van der Waals surface area contributed by atoms with Gasteiger partial charge in [-0.3, -0.25) is 9.69 Å². The van der Waals surface area contributed by atoms with Gasteiger partial charge < -0.3 is 9.32 Å². The highest BCUT2D eigenvalue weighted by Gasteiger charge is 2.23. The second kappa shape index (κ2) is 11.8. The first-order valence-corrected chi connectivity index (χ1v) is 11.4. The molecule has 0 aliphatic heterocycles. The highest BCUT2D eigenvalue weighted by molar-refractivity contribution is 5.78. The molecular formula is C27H32F2N2O2. The van der Waals surface area contributed by atoms with E-state index in [1.54, 1.807) is 11.0 Å². The van der Waals surface area contributed by atoms with E-state index in [1.165, 1.54) is 6.07 Å². The van der Waals surface area contributed by atoms with Crippen molar-refractivity contribution in [2.45, 2.75) is 52.7 Å². The Hall–Kier alpha value is -2.99. The fraction of sp³-hybridized carbons (Fsp3) is 0.370. The number of carbonyl (C=O) groups excluding carboxylic acids is 1. The Morgan fingerprint density at radius 2 is 1.76 bits per heavy atom. The number of benzene rings is 2. The summed E-state index contributed by atoms with van der Waals surface area (Å²) in [4.78, 5) is 17.1. The maximum Gasteiger partial charge on any atom is 0.237 e. The fourth-order valence-corrected chi connectivity index (χ4v) is 3.75. The quantitative estimate of drug-likeness (QED) is 0.371. The zero-order chi connectivity index (χ0) is 23.8. The molecule has 0 bridgehead atoms. The van der Waals surface area contributed by atoms with Crippen LogP contribution >= 0.6 is 0 Å². The van der Waals surface area contributed by atoms with Crippen LogP contribution in [0.3, 0.4) is 0 Å². The zero-order valence-corrected chi connectivity index (χ0v) is 19.6. The maximum atomic E-state index is 14.3. The van der Waals surface area contributed by atoms with Crippen LogP contribution in [0, 0.1) is 18.6 Å². The fourth-order valence-electron chi connectivity index (χ4n) is 3.75. The highest BCUT2D eigenvalue weighted by atomic mass is 19.2. The van der Waals surface area contributed by atoms with Crippen LogP contribution in [-0.2, 0) is 24.3 Å². The Labute approximate surface area is 194 Å². The zero-order valence-electron chi connectivity index (χ0n) is 19.6. The lowest BCUT2D eigenvalue weighted by Gasteiger charge is -2.31. The second-order valence-electron chi connectivity index (χ2n) is 8.44. The number of rotatable bonds is 11. The highest BCUT2D eigenvalue weighted by Crippen LogP contribution is 2.18. The van der Waals surface area contributed by atoms with E-state index in [2.05, 4.69) is 0 Å². The van der Waals surface area contributed by atoms with Crippen LogP contribution < -0.4 is 0 Å². The molecule has 0 aliphatic rings. The Morgan fingerprint density at radius 3 is 2.42 bits per heavy atom. The second-order valence-corrected chi connectivity index (χ2v) is 8.44. The smallest absolute Gasteiger partial charge is 0.237 e. The number of nitrogens with zero attached hydrogens (tertiary/aromatic N) is 2. The van der Waals surface area contributed by atoms with E-state index < -0.39 is 11.6 Å². The molecule has 1 atom stereocenters. The van der Waals surface area contributed by atoms with Crippen molar-refractivity contribution in [1.29, 1.82) is 0 Å². The third-order valence-corrected chi connectivity index (χ3v) is 5.97. The van der Waals surface area contributed by atoms with Gasteiger partial charge in [-0.15, -0.1) is 0 Å². The molecule has 0 aliphatic carbocycles. The number of amides is 1. The summed E-state index contributed by atoms with van der Waals surface area (Å²) in [5.74, 6) is -0.286. The number of hydrogen-bond acceptors (Lipinski definition) is 3. The normalized spacial score (nSPS) is 12.2. The molecule has 33 heavy (non-hydrogen) atoms. The Balaban J connectivity index is 1.76. The maximum absolute atomic E-state index is 14.3. The van der Waals surface area contributed by atoms with Gasteiger partial charge in [-0.2, -0.15) is 0 Å². The molecule has 6 heteroatoms. The number of carbonyl (C=O) groups is 1. The van der Waals surface area contributed by atoms with Crippen LogP contribution in [0.5, 0.6) is 0 Å². The minimum absolute atomic E-state index is 0.0263. The first-order chi connectivity index (χ1) is 15.9. The molecule has 1 aromatic heterocycles. The van der Waals surface area contributed by atoms with E-state index in [9.17, 15) is 13.6 Å². The van der Waals surface area contributed by atoms with Gasteiger partial charge in [-0.05, 0) is 50.5 Å². The number of furan rings is 1. The van der Waals surface area contributed by atoms with Crippen molar-refractivity contribution in [2.24, 2.45) is 0 Å².